The summed E-state index contributed by atoms with van der Waals surface area (Å²) in [6.07, 6.45) is 0.496. The number of carbonyl (C=O) groups excluding carboxylic acids is 1. The Hall–Kier alpha value is -1.10. The highest BCUT2D eigenvalue weighted by molar-refractivity contribution is 6.33. The van der Waals surface area contributed by atoms with Gasteiger partial charge in [-0.2, -0.15) is 0 Å². The summed E-state index contributed by atoms with van der Waals surface area (Å²) in [7, 11) is 0. The van der Waals surface area contributed by atoms with Crippen LogP contribution in [0.2, 0.25) is 5.02 Å². The number of anilines is 1. The fourth-order valence-corrected chi connectivity index (χ4v) is 2.42. The van der Waals surface area contributed by atoms with Crippen molar-refractivity contribution in [3.05, 3.63) is 29.3 Å². The zero-order valence-corrected chi connectivity index (χ0v) is 11.9. The van der Waals surface area contributed by atoms with Crippen molar-refractivity contribution in [2.45, 2.75) is 19.4 Å². The molecule has 2 N–H and O–H groups in total. The molecule has 0 aliphatic carbocycles. The summed E-state index contributed by atoms with van der Waals surface area (Å²) in [5.41, 5.74) is 0.683. The van der Waals surface area contributed by atoms with Gasteiger partial charge in [0.25, 0.3) is 0 Å². The quantitative estimate of drug-likeness (QED) is 0.887. The number of nitrogens with zero attached hydrogens (tertiary/aromatic N) is 1. The number of carbonyl (C=O) groups is 1. The molecule has 1 aromatic carbocycles. The first-order chi connectivity index (χ1) is 9.16. The molecule has 0 saturated carbocycles. The maximum atomic E-state index is 11.9. The van der Waals surface area contributed by atoms with E-state index in [1.807, 2.05) is 18.2 Å². The lowest BCUT2D eigenvalue weighted by atomic mass is 10.2. The van der Waals surface area contributed by atoms with Crippen LogP contribution in [0.5, 0.6) is 0 Å². The maximum Gasteiger partial charge on any atom is 0.225 e. The van der Waals surface area contributed by atoms with Crippen LogP contribution in [0.4, 0.5) is 5.69 Å². The van der Waals surface area contributed by atoms with Crippen LogP contribution in [0.25, 0.3) is 0 Å². The van der Waals surface area contributed by atoms with Gasteiger partial charge in [0.05, 0.1) is 10.7 Å². The number of amides is 1. The summed E-state index contributed by atoms with van der Waals surface area (Å²) in [6.45, 7) is 5.96. The van der Waals surface area contributed by atoms with E-state index >= 15 is 0 Å². The Balaban J connectivity index is 1.80. The summed E-state index contributed by atoms with van der Waals surface area (Å²) in [6, 6.07) is 7.78. The molecule has 2 rings (SSSR count). The van der Waals surface area contributed by atoms with Gasteiger partial charge in [-0.15, -0.1) is 0 Å². The molecule has 4 nitrogen and oxygen atoms in total. The standard InChI is InChI=1S/C14H20ClN3O/c1-11-10-16-7-9-18(11)8-6-14(19)17-13-5-3-2-4-12(13)15/h2-5,11,16H,6-10H2,1H3,(H,17,19)/t11-/m1/s1. The molecule has 104 valence electrons. The molecule has 1 aliphatic rings. The van der Waals surface area contributed by atoms with E-state index in [0.29, 0.717) is 23.2 Å². The average Bonchev–Trinajstić information content (AvgIpc) is 2.40. The van der Waals surface area contributed by atoms with Gasteiger partial charge in [-0.1, -0.05) is 23.7 Å². The Labute approximate surface area is 119 Å². The molecule has 1 heterocycles. The summed E-state index contributed by atoms with van der Waals surface area (Å²) in [5, 5.41) is 6.77. The van der Waals surface area contributed by atoms with Gasteiger partial charge in [0, 0.05) is 38.6 Å². The van der Waals surface area contributed by atoms with Crippen LogP contribution >= 0.6 is 11.6 Å². The summed E-state index contributed by atoms with van der Waals surface area (Å²) in [5.74, 6) is 0.0128. The zero-order valence-electron chi connectivity index (χ0n) is 11.2. The highest BCUT2D eigenvalue weighted by Gasteiger charge is 2.18. The van der Waals surface area contributed by atoms with Gasteiger partial charge in [0.15, 0.2) is 0 Å². The SMILES string of the molecule is C[C@@H]1CNCCN1CCC(=O)Nc1ccccc1Cl. The number of hydrogen-bond acceptors (Lipinski definition) is 3. The molecule has 0 unspecified atom stereocenters. The molecule has 1 aromatic rings. The van der Waals surface area contributed by atoms with E-state index in [1.165, 1.54) is 0 Å². The summed E-state index contributed by atoms with van der Waals surface area (Å²) in [4.78, 5) is 14.2. The van der Waals surface area contributed by atoms with E-state index in [-0.39, 0.29) is 5.91 Å². The third-order valence-corrected chi connectivity index (χ3v) is 3.74. The number of piperazine rings is 1. The molecule has 0 spiro atoms. The molecular weight excluding hydrogens is 262 g/mol. The van der Waals surface area contributed by atoms with Crippen LogP contribution in [-0.4, -0.2) is 43.0 Å². The number of halogens is 1. The van der Waals surface area contributed by atoms with Crippen molar-refractivity contribution in [3.8, 4) is 0 Å². The minimum Gasteiger partial charge on any atom is -0.325 e. The molecule has 0 bridgehead atoms. The highest BCUT2D eigenvalue weighted by Crippen LogP contribution is 2.20. The van der Waals surface area contributed by atoms with Crippen molar-refractivity contribution in [1.29, 1.82) is 0 Å². The predicted molar refractivity (Wildman–Crippen MR) is 78.6 cm³/mol. The van der Waals surface area contributed by atoms with Gasteiger partial charge in [-0.3, -0.25) is 9.69 Å². The van der Waals surface area contributed by atoms with Crippen molar-refractivity contribution in [2.75, 3.05) is 31.5 Å². The molecule has 1 atom stereocenters. The normalized spacial score (nSPS) is 20.2. The number of nitrogens with one attached hydrogen (secondary N) is 2. The topological polar surface area (TPSA) is 44.4 Å². The van der Waals surface area contributed by atoms with Crippen LogP contribution in [0.3, 0.4) is 0 Å². The second kappa shape index (κ2) is 6.89. The molecule has 1 aliphatic heterocycles. The minimum atomic E-state index is 0.0128. The lowest BCUT2D eigenvalue weighted by molar-refractivity contribution is -0.116. The summed E-state index contributed by atoms with van der Waals surface area (Å²) < 4.78 is 0. The van der Waals surface area contributed by atoms with E-state index < -0.39 is 0 Å². The zero-order chi connectivity index (χ0) is 13.7. The molecule has 0 radical (unpaired) electrons. The average molecular weight is 282 g/mol. The Morgan fingerprint density at radius 2 is 2.32 bits per heavy atom. The molecule has 1 amide bonds. The number of hydrogen-bond donors (Lipinski definition) is 2. The first-order valence-corrected chi connectivity index (χ1v) is 7.04. The van der Waals surface area contributed by atoms with Gasteiger partial charge in [-0.25, -0.2) is 0 Å². The van der Waals surface area contributed by atoms with Crippen LogP contribution in [0, 0.1) is 0 Å². The fraction of sp³-hybridized carbons (Fsp3) is 0.500. The van der Waals surface area contributed by atoms with E-state index in [0.717, 1.165) is 26.2 Å². The second-order valence-electron chi connectivity index (χ2n) is 4.87. The molecule has 5 heteroatoms. The number of rotatable bonds is 4. The van der Waals surface area contributed by atoms with Crippen molar-refractivity contribution >= 4 is 23.2 Å². The fourth-order valence-electron chi connectivity index (χ4n) is 2.24. The molecule has 1 saturated heterocycles. The van der Waals surface area contributed by atoms with Crippen molar-refractivity contribution in [3.63, 3.8) is 0 Å². The van der Waals surface area contributed by atoms with Gasteiger partial charge in [0.2, 0.25) is 5.91 Å². The van der Waals surface area contributed by atoms with E-state index in [1.54, 1.807) is 6.07 Å². The van der Waals surface area contributed by atoms with Crippen LogP contribution in [0.15, 0.2) is 24.3 Å². The third kappa shape index (κ3) is 4.20. The first-order valence-electron chi connectivity index (χ1n) is 6.66. The molecule has 19 heavy (non-hydrogen) atoms. The number of para-hydroxylation sites is 1. The number of benzene rings is 1. The van der Waals surface area contributed by atoms with E-state index in [2.05, 4.69) is 22.5 Å². The van der Waals surface area contributed by atoms with Gasteiger partial charge in [0.1, 0.15) is 0 Å². The van der Waals surface area contributed by atoms with Crippen molar-refractivity contribution in [2.24, 2.45) is 0 Å². The predicted octanol–water partition coefficient (Wildman–Crippen LogP) is 1.96. The molecule has 1 fully saturated rings. The lowest BCUT2D eigenvalue weighted by Crippen LogP contribution is -2.50. The van der Waals surface area contributed by atoms with Crippen LogP contribution in [-0.2, 0) is 4.79 Å². The second-order valence-corrected chi connectivity index (χ2v) is 5.27. The molecule has 0 aromatic heterocycles. The van der Waals surface area contributed by atoms with Crippen molar-refractivity contribution < 1.29 is 4.79 Å². The maximum absolute atomic E-state index is 11.9. The lowest BCUT2D eigenvalue weighted by Gasteiger charge is -2.33. The van der Waals surface area contributed by atoms with Crippen LogP contribution in [0.1, 0.15) is 13.3 Å². The Morgan fingerprint density at radius 3 is 3.05 bits per heavy atom. The monoisotopic (exact) mass is 281 g/mol. The Morgan fingerprint density at radius 1 is 1.53 bits per heavy atom. The van der Waals surface area contributed by atoms with E-state index in [4.69, 9.17) is 11.6 Å². The first kappa shape index (κ1) is 14.3. The Kier molecular flexibility index (Phi) is 5.19. The summed E-state index contributed by atoms with van der Waals surface area (Å²) >= 11 is 6.01. The molecular formula is C14H20ClN3O. The Bertz CT molecular complexity index is 438. The largest absolute Gasteiger partial charge is 0.325 e. The smallest absolute Gasteiger partial charge is 0.225 e. The van der Waals surface area contributed by atoms with Gasteiger partial charge in [-0.05, 0) is 19.1 Å². The van der Waals surface area contributed by atoms with Crippen LogP contribution < -0.4 is 10.6 Å². The van der Waals surface area contributed by atoms with E-state index in [9.17, 15) is 4.79 Å². The van der Waals surface area contributed by atoms with Gasteiger partial charge >= 0.3 is 0 Å². The minimum absolute atomic E-state index is 0.0128. The highest BCUT2D eigenvalue weighted by atomic mass is 35.5. The van der Waals surface area contributed by atoms with Gasteiger partial charge < -0.3 is 10.6 Å². The third-order valence-electron chi connectivity index (χ3n) is 3.41. The van der Waals surface area contributed by atoms with Crippen molar-refractivity contribution in [1.82, 2.24) is 10.2 Å².